The van der Waals surface area contributed by atoms with Gasteiger partial charge in [-0.2, -0.15) is 0 Å². The van der Waals surface area contributed by atoms with Gasteiger partial charge in [-0.15, -0.1) is 0 Å². The average molecular weight is 380 g/mol. The Kier molecular flexibility index (Phi) is 6.32. The molecule has 6 heteroatoms. The fourth-order valence-electron chi connectivity index (χ4n) is 3.26. The lowest BCUT2D eigenvalue weighted by Gasteiger charge is -2.08. The summed E-state index contributed by atoms with van der Waals surface area (Å²) in [5.74, 6) is -0.129. The Balaban J connectivity index is 1.75. The van der Waals surface area contributed by atoms with Gasteiger partial charge in [-0.3, -0.25) is 9.59 Å². The molecule has 0 atom stereocenters. The minimum Gasteiger partial charge on any atom is -0.497 e. The first kappa shape index (κ1) is 19.5. The van der Waals surface area contributed by atoms with Crippen LogP contribution in [-0.4, -0.2) is 35.6 Å². The molecule has 1 heterocycles. The van der Waals surface area contributed by atoms with Crippen molar-refractivity contribution in [2.75, 3.05) is 13.7 Å². The highest BCUT2D eigenvalue weighted by Gasteiger charge is 2.14. The van der Waals surface area contributed by atoms with Crippen LogP contribution >= 0.6 is 0 Å². The lowest BCUT2D eigenvalue weighted by Crippen LogP contribution is -2.25. The van der Waals surface area contributed by atoms with Gasteiger partial charge in [0.1, 0.15) is 5.75 Å². The van der Waals surface area contributed by atoms with Gasteiger partial charge in [-0.1, -0.05) is 18.2 Å². The molecular formula is C22H24N2O4. The van der Waals surface area contributed by atoms with Gasteiger partial charge in [-0.25, -0.2) is 0 Å². The summed E-state index contributed by atoms with van der Waals surface area (Å²) in [4.78, 5) is 26.2. The molecule has 2 aromatic carbocycles. The molecule has 1 aromatic heterocycles. The number of aliphatic carboxylic acids is 1. The Morgan fingerprint density at radius 1 is 1.07 bits per heavy atom. The minimum absolute atomic E-state index is 0.0599. The number of hydrogen-bond donors (Lipinski definition) is 3. The molecule has 0 saturated heterocycles. The van der Waals surface area contributed by atoms with Crippen LogP contribution in [0.25, 0.3) is 22.2 Å². The number of H-pyrrole nitrogens is 1. The average Bonchev–Trinajstić information content (AvgIpc) is 3.08. The maximum Gasteiger partial charge on any atom is 0.303 e. The van der Waals surface area contributed by atoms with Crippen molar-refractivity contribution in [2.45, 2.75) is 25.7 Å². The van der Waals surface area contributed by atoms with Crippen molar-refractivity contribution in [1.82, 2.24) is 10.3 Å². The van der Waals surface area contributed by atoms with E-state index in [9.17, 15) is 9.59 Å². The molecule has 6 nitrogen and oxygen atoms in total. The number of carbonyl (C=O) groups is 2. The Morgan fingerprint density at radius 2 is 1.82 bits per heavy atom. The van der Waals surface area contributed by atoms with Gasteiger partial charge in [0, 0.05) is 36.0 Å². The van der Waals surface area contributed by atoms with E-state index >= 15 is 0 Å². The number of aromatic amines is 1. The Hall–Kier alpha value is -3.28. The summed E-state index contributed by atoms with van der Waals surface area (Å²) >= 11 is 0. The van der Waals surface area contributed by atoms with Crippen LogP contribution in [0.3, 0.4) is 0 Å². The molecule has 3 aromatic rings. The van der Waals surface area contributed by atoms with Crippen LogP contribution < -0.4 is 10.1 Å². The Bertz CT molecular complexity index is 960. The number of carbonyl (C=O) groups excluding carboxylic acids is 1. The molecule has 0 fully saturated rings. The predicted molar refractivity (Wildman–Crippen MR) is 108 cm³/mol. The van der Waals surface area contributed by atoms with E-state index < -0.39 is 5.97 Å². The monoisotopic (exact) mass is 380 g/mol. The molecule has 1 amide bonds. The number of carboxylic acid groups (broad SMARTS) is 1. The molecule has 0 aliphatic rings. The smallest absolute Gasteiger partial charge is 0.303 e. The SMILES string of the molecule is COc1ccc(-c2[nH]c3ccccc3c2CCC(=O)NCCCC(=O)O)cc1. The zero-order valence-electron chi connectivity index (χ0n) is 15.8. The van der Waals surface area contributed by atoms with E-state index in [1.54, 1.807) is 7.11 Å². The molecular weight excluding hydrogens is 356 g/mol. The van der Waals surface area contributed by atoms with Crippen molar-refractivity contribution < 1.29 is 19.4 Å². The number of carboxylic acids is 1. The first-order chi connectivity index (χ1) is 13.6. The third kappa shape index (κ3) is 4.71. The fourth-order valence-corrected chi connectivity index (χ4v) is 3.26. The maximum atomic E-state index is 12.2. The lowest BCUT2D eigenvalue weighted by atomic mass is 10.0. The zero-order chi connectivity index (χ0) is 19.9. The molecule has 0 unspecified atom stereocenters. The fraction of sp³-hybridized carbons (Fsp3) is 0.273. The van der Waals surface area contributed by atoms with Gasteiger partial charge in [0.05, 0.1) is 7.11 Å². The molecule has 0 bridgehead atoms. The molecule has 28 heavy (non-hydrogen) atoms. The first-order valence-corrected chi connectivity index (χ1v) is 9.31. The van der Waals surface area contributed by atoms with Crippen LogP contribution in [0.2, 0.25) is 0 Å². The van der Waals surface area contributed by atoms with Crippen molar-refractivity contribution in [3.05, 3.63) is 54.1 Å². The second-order valence-corrected chi connectivity index (χ2v) is 6.60. The highest BCUT2D eigenvalue weighted by Crippen LogP contribution is 2.32. The maximum absolute atomic E-state index is 12.2. The summed E-state index contributed by atoms with van der Waals surface area (Å²) in [6, 6.07) is 15.9. The van der Waals surface area contributed by atoms with Gasteiger partial charge < -0.3 is 20.1 Å². The van der Waals surface area contributed by atoms with Gasteiger partial charge in [-0.05, 0) is 54.3 Å². The van der Waals surface area contributed by atoms with Crippen LogP contribution in [0.5, 0.6) is 5.75 Å². The number of fused-ring (bicyclic) bond motifs is 1. The van der Waals surface area contributed by atoms with Crippen LogP contribution in [0.15, 0.2) is 48.5 Å². The third-order valence-electron chi connectivity index (χ3n) is 4.68. The van der Waals surface area contributed by atoms with Crippen molar-refractivity contribution in [3.63, 3.8) is 0 Å². The normalized spacial score (nSPS) is 10.8. The van der Waals surface area contributed by atoms with E-state index in [1.807, 2.05) is 42.5 Å². The van der Waals surface area contributed by atoms with Crippen LogP contribution in [0.1, 0.15) is 24.8 Å². The predicted octanol–water partition coefficient (Wildman–Crippen LogP) is 3.76. The minimum atomic E-state index is -0.850. The standard InChI is InChI=1S/C22H24N2O4/c1-28-16-10-8-15(9-11-16)22-18(17-5-2-3-6-19(17)24-22)12-13-20(25)23-14-4-7-21(26)27/h2-3,5-6,8-11,24H,4,7,12-14H2,1H3,(H,23,25)(H,26,27). The summed E-state index contributed by atoms with van der Waals surface area (Å²) < 4.78 is 5.23. The topological polar surface area (TPSA) is 91.4 Å². The second kappa shape index (κ2) is 9.08. The summed E-state index contributed by atoms with van der Waals surface area (Å²) in [7, 11) is 1.64. The zero-order valence-corrected chi connectivity index (χ0v) is 15.8. The number of aromatic nitrogens is 1. The quantitative estimate of drug-likeness (QED) is 0.493. The molecule has 0 radical (unpaired) electrons. The molecule has 146 valence electrons. The van der Waals surface area contributed by atoms with Crippen LogP contribution in [-0.2, 0) is 16.0 Å². The largest absolute Gasteiger partial charge is 0.497 e. The van der Waals surface area contributed by atoms with E-state index in [0.29, 0.717) is 25.8 Å². The van der Waals surface area contributed by atoms with Crippen LogP contribution in [0, 0.1) is 0 Å². The molecule has 3 N–H and O–H groups in total. The Labute approximate surface area is 163 Å². The van der Waals surface area contributed by atoms with E-state index in [1.165, 1.54) is 0 Å². The number of rotatable bonds is 9. The molecule has 0 saturated carbocycles. The summed E-state index contributed by atoms with van der Waals surface area (Å²) in [5.41, 5.74) is 4.17. The lowest BCUT2D eigenvalue weighted by molar-refractivity contribution is -0.137. The van der Waals surface area contributed by atoms with Crippen molar-refractivity contribution >= 4 is 22.8 Å². The highest BCUT2D eigenvalue weighted by atomic mass is 16.5. The number of para-hydroxylation sites is 1. The van der Waals surface area contributed by atoms with Gasteiger partial charge in [0.2, 0.25) is 5.91 Å². The number of methoxy groups -OCH3 is 1. The van der Waals surface area contributed by atoms with E-state index in [4.69, 9.17) is 9.84 Å². The van der Waals surface area contributed by atoms with Gasteiger partial charge in [0.15, 0.2) is 0 Å². The van der Waals surface area contributed by atoms with Gasteiger partial charge in [0.25, 0.3) is 0 Å². The van der Waals surface area contributed by atoms with E-state index in [-0.39, 0.29) is 12.3 Å². The molecule has 0 aliphatic carbocycles. The highest BCUT2D eigenvalue weighted by molar-refractivity contribution is 5.91. The molecule has 3 rings (SSSR count). The van der Waals surface area contributed by atoms with Crippen molar-refractivity contribution in [1.29, 1.82) is 0 Å². The number of ether oxygens (including phenoxy) is 1. The number of hydrogen-bond acceptors (Lipinski definition) is 3. The number of aryl methyl sites for hydroxylation is 1. The van der Waals surface area contributed by atoms with Crippen molar-refractivity contribution in [3.8, 4) is 17.0 Å². The molecule has 0 spiro atoms. The summed E-state index contributed by atoms with van der Waals surface area (Å²) in [6.07, 6.45) is 1.43. The third-order valence-corrected chi connectivity index (χ3v) is 4.68. The molecule has 0 aliphatic heterocycles. The number of amides is 1. The van der Waals surface area contributed by atoms with E-state index in [0.717, 1.165) is 33.5 Å². The van der Waals surface area contributed by atoms with E-state index in [2.05, 4.69) is 16.4 Å². The van der Waals surface area contributed by atoms with Crippen LogP contribution in [0.4, 0.5) is 0 Å². The number of benzene rings is 2. The summed E-state index contributed by atoms with van der Waals surface area (Å²) in [6.45, 7) is 0.379. The summed E-state index contributed by atoms with van der Waals surface area (Å²) in [5, 5.41) is 12.6. The Morgan fingerprint density at radius 3 is 2.54 bits per heavy atom. The second-order valence-electron chi connectivity index (χ2n) is 6.60. The van der Waals surface area contributed by atoms with Gasteiger partial charge >= 0.3 is 5.97 Å². The van der Waals surface area contributed by atoms with Crippen molar-refractivity contribution in [2.24, 2.45) is 0 Å². The first-order valence-electron chi connectivity index (χ1n) is 9.31. The number of nitrogens with one attached hydrogen (secondary N) is 2.